The molecule has 76 valence electrons. The van der Waals surface area contributed by atoms with Gasteiger partial charge in [-0.2, -0.15) is 0 Å². The van der Waals surface area contributed by atoms with Gasteiger partial charge in [-0.1, -0.05) is 11.6 Å². The van der Waals surface area contributed by atoms with Crippen LogP contribution in [0.5, 0.6) is 0 Å². The summed E-state index contributed by atoms with van der Waals surface area (Å²) < 4.78 is 0. The molecule has 0 saturated carbocycles. The van der Waals surface area contributed by atoms with Crippen LogP contribution in [0.1, 0.15) is 6.92 Å². The topological polar surface area (TPSA) is 20.3 Å². The first-order valence-electron chi connectivity index (χ1n) is 4.31. The summed E-state index contributed by atoms with van der Waals surface area (Å²) in [5.74, 6) is -0.104. The molecule has 1 rings (SSSR count). The predicted octanol–water partition coefficient (Wildman–Crippen LogP) is 2.93. The fraction of sp³-hybridized carbons (Fsp3) is 0.300. The first-order valence-corrected chi connectivity index (χ1v) is 5.22. The van der Waals surface area contributed by atoms with Crippen LogP contribution in [0, 0.1) is 0 Å². The number of alkyl halides is 1. The van der Waals surface area contributed by atoms with Crippen molar-refractivity contribution in [1.82, 2.24) is 0 Å². The molecule has 0 unspecified atom stereocenters. The third-order valence-corrected chi connectivity index (χ3v) is 2.35. The van der Waals surface area contributed by atoms with Crippen LogP contribution in [0.3, 0.4) is 0 Å². The molecule has 0 aliphatic heterocycles. The van der Waals surface area contributed by atoms with Gasteiger partial charge in [-0.3, -0.25) is 4.79 Å². The van der Waals surface area contributed by atoms with Crippen LogP contribution < -0.4 is 4.90 Å². The van der Waals surface area contributed by atoms with Crippen molar-refractivity contribution in [2.45, 2.75) is 6.92 Å². The van der Waals surface area contributed by atoms with Crippen LogP contribution in [-0.2, 0) is 4.79 Å². The second kappa shape index (κ2) is 5.23. The Hall–Kier alpha value is -0.730. The lowest BCUT2D eigenvalue weighted by Gasteiger charge is -2.19. The maximum absolute atomic E-state index is 11.4. The smallest absolute Gasteiger partial charge is 0.241 e. The number of hydrogen-bond acceptors (Lipinski definition) is 1. The van der Waals surface area contributed by atoms with E-state index in [4.69, 9.17) is 23.2 Å². The summed E-state index contributed by atoms with van der Waals surface area (Å²) in [5, 5.41) is 0.656. The Morgan fingerprint density at radius 1 is 1.36 bits per heavy atom. The highest BCUT2D eigenvalue weighted by Crippen LogP contribution is 2.18. The van der Waals surface area contributed by atoms with Gasteiger partial charge in [0.05, 0.1) is 0 Å². The van der Waals surface area contributed by atoms with E-state index in [9.17, 15) is 4.79 Å². The van der Waals surface area contributed by atoms with Gasteiger partial charge < -0.3 is 4.90 Å². The summed E-state index contributed by atoms with van der Waals surface area (Å²) in [5.41, 5.74) is 0.822. The largest absolute Gasteiger partial charge is 0.312 e. The molecule has 0 spiro atoms. The van der Waals surface area contributed by atoms with Gasteiger partial charge in [-0.15, -0.1) is 11.6 Å². The predicted molar refractivity (Wildman–Crippen MR) is 60.2 cm³/mol. The van der Waals surface area contributed by atoms with Crippen LogP contribution in [0.15, 0.2) is 24.3 Å². The first-order chi connectivity index (χ1) is 6.69. The Morgan fingerprint density at radius 3 is 2.36 bits per heavy atom. The molecule has 1 aromatic rings. The zero-order chi connectivity index (χ0) is 10.6. The van der Waals surface area contributed by atoms with E-state index in [1.807, 2.05) is 6.92 Å². The van der Waals surface area contributed by atoms with Crippen LogP contribution in [0.4, 0.5) is 5.69 Å². The summed E-state index contributed by atoms with van der Waals surface area (Å²) in [4.78, 5) is 13.0. The molecule has 0 N–H and O–H groups in total. The average molecular weight is 232 g/mol. The normalized spacial score (nSPS) is 9.93. The van der Waals surface area contributed by atoms with E-state index in [-0.39, 0.29) is 11.8 Å². The summed E-state index contributed by atoms with van der Waals surface area (Å²) in [6.45, 7) is 2.51. The van der Waals surface area contributed by atoms with Crippen molar-refractivity contribution in [1.29, 1.82) is 0 Å². The Morgan fingerprint density at radius 2 is 1.93 bits per heavy atom. The molecule has 0 fully saturated rings. The molecule has 14 heavy (non-hydrogen) atoms. The minimum absolute atomic E-state index is 0.00351. The van der Waals surface area contributed by atoms with E-state index in [2.05, 4.69) is 0 Å². The monoisotopic (exact) mass is 231 g/mol. The second-order valence-electron chi connectivity index (χ2n) is 2.75. The highest BCUT2D eigenvalue weighted by molar-refractivity contribution is 6.31. The van der Waals surface area contributed by atoms with E-state index in [1.54, 1.807) is 29.2 Å². The molecule has 1 aromatic carbocycles. The number of carbonyl (C=O) groups excluding carboxylic acids is 1. The molecule has 0 saturated heterocycles. The van der Waals surface area contributed by atoms with E-state index in [0.717, 1.165) is 5.69 Å². The minimum Gasteiger partial charge on any atom is -0.312 e. The molecule has 0 radical (unpaired) electrons. The average Bonchev–Trinajstić information content (AvgIpc) is 2.21. The highest BCUT2D eigenvalue weighted by atomic mass is 35.5. The van der Waals surface area contributed by atoms with Crippen LogP contribution in [0.2, 0.25) is 5.02 Å². The fourth-order valence-corrected chi connectivity index (χ4v) is 1.47. The van der Waals surface area contributed by atoms with Crippen molar-refractivity contribution in [2.24, 2.45) is 0 Å². The summed E-state index contributed by atoms with van der Waals surface area (Å²) in [7, 11) is 0. The Kier molecular flexibility index (Phi) is 4.23. The number of carbonyl (C=O) groups is 1. The van der Waals surface area contributed by atoms with Crippen LogP contribution in [-0.4, -0.2) is 18.3 Å². The maximum atomic E-state index is 11.4. The van der Waals surface area contributed by atoms with Crippen LogP contribution in [0.25, 0.3) is 0 Å². The summed E-state index contributed by atoms with van der Waals surface area (Å²) in [6, 6.07) is 7.11. The molecule has 4 heteroatoms. The number of anilines is 1. The maximum Gasteiger partial charge on any atom is 0.241 e. The van der Waals surface area contributed by atoms with E-state index in [0.29, 0.717) is 11.6 Å². The molecule has 0 heterocycles. The minimum atomic E-state index is -0.100. The van der Waals surface area contributed by atoms with Gasteiger partial charge in [0.1, 0.15) is 5.88 Å². The van der Waals surface area contributed by atoms with Crippen molar-refractivity contribution < 1.29 is 4.79 Å². The highest BCUT2D eigenvalue weighted by Gasteiger charge is 2.11. The molecule has 0 aliphatic carbocycles. The van der Waals surface area contributed by atoms with Crippen molar-refractivity contribution >= 4 is 34.8 Å². The van der Waals surface area contributed by atoms with Crippen molar-refractivity contribution in [3.8, 4) is 0 Å². The van der Waals surface area contributed by atoms with Gasteiger partial charge in [0.2, 0.25) is 5.91 Å². The second-order valence-corrected chi connectivity index (χ2v) is 3.45. The lowest BCUT2D eigenvalue weighted by atomic mass is 10.3. The van der Waals surface area contributed by atoms with E-state index < -0.39 is 0 Å². The SMILES string of the molecule is CCN(C(=O)CCl)c1ccc(Cl)cc1. The van der Waals surface area contributed by atoms with Gasteiger partial charge in [0.25, 0.3) is 0 Å². The lowest BCUT2D eigenvalue weighted by Crippen LogP contribution is -2.31. The molecular weight excluding hydrogens is 221 g/mol. The van der Waals surface area contributed by atoms with Crippen LogP contribution >= 0.6 is 23.2 Å². The zero-order valence-corrected chi connectivity index (χ0v) is 9.35. The first kappa shape index (κ1) is 11.3. The number of benzene rings is 1. The third kappa shape index (κ3) is 2.63. The quantitative estimate of drug-likeness (QED) is 0.733. The lowest BCUT2D eigenvalue weighted by molar-refractivity contribution is -0.116. The molecule has 0 aliphatic rings. The molecule has 0 atom stereocenters. The standard InChI is InChI=1S/C10H11Cl2NO/c1-2-13(10(14)7-11)9-5-3-8(12)4-6-9/h3-6H,2,7H2,1H3. The number of hydrogen-bond donors (Lipinski definition) is 0. The Balaban J connectivity index is 2.89. The Labute approximate surface area is 93.4 Å². The number of nitrogens with zero attached hydrogens (tertiary/aromatic N) is 1. The van der Waals surface area contributed by atoms with Gasteiger partial charge in [-0.25, -0.2) is 0 Å². The summed E-state index contributed by atoms with van der Waals surface area (Å²) >= 11 is 11.2. The molecule has 0 aromatic heterocycles. The Bertz CT molecular complexity index is 310. The van der Waals surface area contributed by atoms with Crippen molar-refractivity contribution in [3.63, 3.8) is 0 Å². The van der Waals surface area contributed by atoms with Gasteiger partial charge in [-0.05, 0) is 31.2 Å². The van der Waals surface area contributed by atoms with Crippen molar-refractivity contribution in [2.75, 3.05) is 17.3 Å². The molecule has 0 bridgehead atoms. The van der Waals surface area contributed by atoms with Gasteiger partial charge in [0, 0.05) is 17.3 Å². The molecule has 1 amide bonds. The third-order valence-electron chi connectivity index (χ3n) is 1.87. The summed E-state index contributed by atoms with van der Waals surface area (Å²) in [6.07, 6.45) is 0. The number of amides is 1. The van der Waals surface area contributed by atoms with Gasteiger partial charge >= 0.3 is 0 Å². The number of halogens is 2. The zero-order valence-electron chi connectivity index (χ0n) is 7.84. The number of rotatable bonds is 3. The van der Waals surface area contributed by atoms with Gasteiger partial charge in [0.15, 0.2) is 0 Å². The molecule has 2 nitrogen and oxygen atoms in total. The molecular formula is C10H11Cl2NO. The van der Waals surface area contributed by atoms with Crippen molar-refractivity contribution in [3.05, 3.63) is 29.3 Å². The fourth-order valence-electron chi connectivity index (χ4n) is 1.20. The van der Waals surface area contributed by atoms with E-state index >= 15 is 0 Å². The van der Waals surface area contributed by atoms with E-state index in [1.165, 1.54) is 0 Å².